The molecule has 1 aliphatic carbocycles. The number of hydrogen-bond donors (Lipinski definition) is 0. The molecule has 0 unspecified atom stereocenters. The largest absolute Gasteiger partial charge is 0.310 e. The van der Waals surface area contributed by atoms with E-state index in [1.54, 1.807) is 0 Å². The van der Waals surface area contributed by atoms with Crippen LogP contribution in [0.25, 0.3) is 51.5 Å². The van der Waals surface area contributed by atoms with Crippen molar-refractivity contribution in [1.29, 1.82) is 0 Å². The lowest BCUT2D eigenvalue weighted by Crippen LogP contribution is -2.28. The molecule has 0 saturated heterocycles. The van der Waals surface area contributed by atoms with Crippen molar-refractivity contribution in [3.63, 3.8) is 0 Å². The van der Waals surface area contributed by atoms with Crippen molar-refractivity contribution < 1.29 is 0 Å². The lowest BCUT2D eigenvalue weighted by atomic mass is 9.68. The number of benzene rings is 8. The fraction of sp³-hybridized carbons (Fsp3) is 0.0204. The van der Waals surface area contributed by atoms with Crippen molar-refractivity contribution in [1.82, 2.24) is 0 Å². The molecule has 0 bridgehead atoms. The first-order valence-corrected chi connectivity index (χ1v) is 19.4. The highest BCUT2D eigenvalue weighted by molar-refractivity contribution is 7.26. The van der Waals surface area contributed by atoms with Gasteiger partial charge in [0.15, 0.2) is 0 Å². The SMILES string of the molecule is c1ccc(C2(c3ccccc3)c3ccccc3-c3cc(N(c4ccc5c(c4)sc4ccccc45)c4ccc5c(c4)sc4ccccc45)ccc32)cc1. The number of nitrogens with zero attached hydrogens (tertiary/aromatic N) is 1. The molecule has 0 saturated carbocycles. The van der Waals surface area contributed by atoms with Crippen LogP contribution in [-0.4, -0.2) is 0 Å². The van der Waals surface area contributed by atoms with Gasteiger partial charge in [0, 0.05) is 57.4 Å². The highest BCUT2D eigenvalue weighted by Crippen LogP contribution is 2.57. The molecule has 0 spiro atoms. The molecule has 244 valence electrons. The Morgan fingerprint density at radius 1 is 0.327 bits per heavy atom. The number of thiophene rings is 2. The molecule has 0 amide bonds. The zero-order valence-corrected chi connectivity index (χ0v) is 29.8. The van der Waals surface area contributed by atoms with Crippen molar-refractivity contribution in [2.75, 3.05) is 4.90 Å². The monoisotopic (exact) mass is 697 g/mol. The molecule has 0 fully saturated rings. The molecule has 1 aliphatic rings. The molecule has 0 radical (unpaired) electrons. The predicted octanol–water partition coefficient (Wildman–Crippen LogP) is 14.3. The summed E-state index contributed by atoms with van der Waals surface area (Å²) in [4.78, 5) is 2.46. The van der Waals surface area contributed by atoms with Gasteiger partial charge in [-0.05, 0) is 81.9 Å². The summed E-state index contributed by atoms with van der Waals surface area (Å²) >= 11 is 3.74. The van der Waals surface area contributed by atoms with Crippen LogP contribution in [0, 0.1) is 0 Å². The highest BCUT2D eigenvalue weighted by Gasteiger charge is 2.46. The fourth-order valence-electron chi connectivity index (χ4n) is 8.73. The molecule has 8 aromatic carbocycles. The molecule has 0 N–H and O–H groups in total. The van der Waals surface area contributed by atoms with E-state index in [2.05, 4.69) is 193 Å². The molecule has 11 rings (SSSR count). The Hall–Kier alpha value is -6.00. The van der Waals surface area contributed by atoms with Gasteiger partial charge in [-0.1, -0.05) is 140 Å². The Bertz CT molecular complexity index is 2820. The third-order valence-corrected chi connectivity index (χ3v) is 13.2. The van der Waals surface area contributed by atoms with E-state index in [1.165, 1.54) is 73.7 Å². The van der Waals surface area contributed by atoms with Crippen molar-refractivity contribution in [3.8, 4) is 11.1 Å². The summed E-state index contributed by atoms with van der Waals surface area (Å²) in [6.45, 7) is 0. The minimum atomic E-state index is -0.427. The third-order valence-electron chi connectivity index (χ3n) is 10.9. The Labute approximate surface area is 310 Å². The molecule has 0 atom stereocenters. The Balaban J connectivity index is 1.17. The molecule has 10 aromatic rings. The lowest BCUT2D eigenvalue weighted by molar-refractivity contribution is 0.768. The second-order valence-corrected chi connectivity index (χ2v) is 15.8. The second-order valence-electron chi connectivity index (χ2n) is 13.7. The van der Waals surface area contributed by atoms with Gasteiger partial charge >= 0.3 is 0 Å². The normalized spacial score (nSPS) is 13.2. The van der Waals surface area contributed by atoms with Gasteiger partial charge < -0.3 is 4.90 Å². The van der Waals surface area contributed by atoms with Crippen LogP contribution in [0.4, 0.5) is 17.1 Å². The summed E-state index contributed by atoms with van der Waals surface area (Å²) in [5.41, 5.74) is 10.8. The Kier molecular flexibility index (Phi) is 6.57. The predicted molar refractivity (Wildman–Crippen MR) is 224 cm³/mol. The zero-order valence-electron chi connectivity index (χ0n) is 28.2. The minimum Gasteiger partial charge on any atom is -0.310 e. The van der Waals surface area contributed by atoms with Crippen LogP contribution in [-0.2, 0) is 5.41 Å². The molecule has 1 nitrogen and oxygen atoms in total. The average molecular weight is 698 g/mol. The van der Waals surface area contributed by atoms with Gasteiger partial charge in [0.05, 0.1) is 5.41 Å². The minimum absolute atomic E-state index is 0.427. The number of rotatable bonds is 5. The van der Waals surface area contributed by atoms with Gasteiger partial charge in [-0.25, -0.2) is 0 Å². The highest BCUT2D eigenvalue weighted by atomic mass is 32.1. The first kappa shape index (κ1) is 29.7. The van der Waals surface area contributed by atoms with Crippen LogP contribution in [0.15, 0.2) is 188 Å². The maximum Gasteiger partial charge on any atom is 0.0713 e. The molecule has 0 aliphatic heterocycles. The number of hydrogen-bond acceptors (Lipinski definition) is 3. The van der Waals surface area contributed by atoms with Crippen molar-refractivity contribution in [3.05, 3.63) is 210 Å². The van der Waals surface area contributed by atoms with Gasteiger partial charge in [0.25, 0.3) is 0 Å². The van der Waals surface area contributed by atoms with E-state index in [1.807, 2.05) is 22.7 Å². The fourth-order valence-corrected chi connectivity index (χ4v) is 11.0. The van der Waals surface area contributed by atoms with Crippen LogP contribution < -0.4 is 4.90 Å². The first-order valence-electron chi connectivity index (χ1n) is 17.8. The molecule has 3 heteroatoms. The van der Waals surface area contributed by atoms with E-state index in [0.717, 1.165) is 17.1 Å². The maximum absolute atomic E-state index is 2.46. The first-order chi connectivity index (χ1) is 25.8. The zero-order chi connectivity index (χ0) is 34.2. The Morgan fingerprint density at radius 3 is 1.37 bits per heavy atom. The van der Waals surface area contributed by atoms with E-state index in [4.69, 9.17) is 0 Å². The maximum atomic E-state index is 2.46. The summed E-state index contributed by atoms with van der Waals surface area (Å²) in [5, 5.41) is 5.25. The van der Waals surface area contributed by atoms with E-state index < -0.39 is 5.41 Å². The van der Waals surface area contributed by atoms with E-state index in [-0.39, 0.29) is 0 Å². The van der Waals surface area contributed by atoms with Crippen LogP contribution in [0.3, 0.4) is 0 Å². The summed E-state index contributed by atoms with van der Waals surface area (Å²) in [6.07, 6.45) is 0. The van der Waals surface area contributed by atoms with Gasteiger partial charge in [-0.2, -0.15) is 0 Å². The summed E-state index contributed by atoms with van der Waals surface area (Å²) < 4.78 is 5.23. The third kappa shape index (κ3) is 4.27. The second kappa shape index (κ2) is 11.5. The smallest absolute Gasteiger partial charge is 0.0713 e. The van der Waals surface area contributed by atoms with Crippen LogP contribution in [0.5, 0.6) is 0 Å². The van der Waals surface area contributed by atoms with Crippen molar-refractivity contribution in [2.45, 2.75) is 5.41 Å². The van der Waals surface area contributed by atoms with Crippen LogP contribution >= 0.6 is 22.7 Å². The van der Waals surface area contributed by atoms with E-state index >= 15 is 0 Å². The van der Waals surface area contributed by atoms with Gasteiger partial charge in [0.2, 0.25) is 0 Å². The van der Waals surface area contributed by atoms with Crippen molar-refractivity contribution >= 4 is 80.1 Å². The Morgan fingerprint density at radius 2 is 0.769 bits per heavy atom. The molecule has 2 heterocycles. The molecular formula is C49H31NS2. The summed E-state index contributed by atoms with van der Waals surface area (Å²) in [7, 11) is 0. The van der Waals surface area contributed by atoms with Crippen LogP contribution in [0.1, 0.15) is 22.3 Å². The standard InChI is InChI=1S/C49H31NS2/c1-3-13-32(14-4-1)49(33-15-5-2-6-16-33)43-20-10-7-17-37(43)42-29-34(25-28-44(42)49)50(35-23-26-40-38-18-8-11-21-45(38)51-47(40)30-35)36-24-27-41-39-19-9-12-22-46(39)52-48(41)31-36/h1-31H. The van der Waals surface area contributed by atoms with Gasteiger partial charge in [-0.3, -0.25) is 0 Å². The topological polar surface area (TPSA) is 3.24 Å². The van der Waals surface area contributed by atoms with Gasteiger partial charge in [0.1, 0.15) is 0 Å². The molecular weight excluding hydrogens is 667 g/mol. The van der Waals surface area contributed by atoms with Crippen molar-refractivity contribution in [2.24, 2.45) is 0 Å². The van der Waals surface area contributed by atoms with E-state index in [0.29, 0.717) is 0 Å². The summed E-state index contributed by atoms with van der Waals surface area (Å²) in [6, 6.07) is 69.8. The van der Waals surface area contributed by atoms with Crippen LogP contribution in [0.2, 0.25) is 0 Å². The average Bonchev–Trinajstić information content (AvgIpc) is 3.86. The molecule has 52 heavy (non-hydrogen) atoms. The lowest BCUT2D eigenvalue weighted by Gasteiger charge is -2.34. The molecule has 2 aromatic heterocycles. The summed E-state index contributed by atoms with van der Waals surface area (Å²) in [5.74, 6) is 0. The quantitative estimate of drug-likeness (QED) is 0.173. The number of fused-ring (bicyclic) bond motifs is 9. The number of anilines is 3. The van der Waals surface area contributed by atoms with E-state index in [9.17, 15) is 0 Å². The van der Waals surface area contributed by atoms with Gasteiger partial charge in [-0.15, -0.1) is 22.7 Å².